The first kappa shape index (κ1) is 20.3. The average Bonchev–Trinajstić information content (AvgIpc) is 3.35. The first-order chi connectivity index (χ1) is 15.1. The largest absolute Gasteiger partial charge is 0.342 e. The summed E-state index contributed by atoms with van der Waals surface area (Å²) in [5, 5.41) is 0.710. The summed E-state index contributed by atoms with van der Waals surface area (Å²) < 4.78 is 0. The van der Waals surface area contributed by atoms with E-state index in [-0.39, 0.29) is 5.91 Å². The lowest BCUT2D eigenvalue weighted by atomic mass is 10.0. The summed E-state index contributed by atoms with van der Waals surface area (Å²) >= 11 is 5.95. The third-order valence-corrected chi connectivity index (χ3v) is 6.90. The van der Waals surface area contributed by atoms with Crippen LogP contribution in [0, 0.1) is 11.8 Å². The maximum absolute atomic E-state index is 12.7. The number of nitrogens with zero attached hydrogens (tertiary/aromatic N) is 2. The Morgan fingerprint density at radius 3 is 1.97 bits per heavy atom. The van der Waals surface area contributed by atoms with Gasteiger partial charge in [0, 0.05) is 37.7 Å². The molecule has 2 unspecified atom stereocenters. The van der Waals surface area contributed by atoms with E-state index in [9.17, 15) is 4.79 Å². The van der Waals surface area contributed by atoms with E-state index < -0.39 is 0 Å². The zero-order valence-corrected chi connectivity index (χ0v) is 18.3. The van der Waals surface area contributed by atoms with E-state index in [0.29, 0.717) is 23.3 Å². The van der Waals surface area contributed by atoms with Gasteiger partial charge in [-0.25, -0.2) is 0 Å². The first-order valence-electron chi connectivity index (χ1n) is 11.0. The molecule has 158 valence electrons. The van der Waals surface area contributed by atoms with Crippen LogP contribution in [0.5, 0.6) is 0 Å². The van der Waals surface area contributed by atoms with E-state index in [4.69, 9.17) is 11.6 Å². The van der Waals surface area contributed by atoms with Crippen molar-refractivity contribution in [2.45, 2.75) is 13.0 Å². The monoisotopic (exact) mass is 430 g/mol. The first-order valence-corrected chi connectivity index (χ1v) is 11.4. The quantitative estimate of drug-likeness (QED) is 0.559. The summed E-state index contributed by atoms with van der Waals surface area (Å²) in [6, 6.07) is 27.0. The highest BCUT2D eigenvalue weighted by Gasteiger charge is 2.41. The molecule has 5 rings (SSSR count). The van der Waals surface area contributed by atoms with Crippen molar-refractivity contribution in [3.63, 3.8) is 0 Å². The molecule has 2 saturated heterocycles. The van der Waals surface area contributed by atoms with Gasteiger partial charge >= 0.3 is 0 Å². The molecule has 0 saturated carbocycles. The van der Waals surface area contributed by atoms with E-state index in [1.807, 2.05) is 24.3 Å². The van der Waals surface area contributed by atoms with Crippen LogP contribution in [0.3, 0.4) is 0 Å². The highest BCUT2D eigenvalue weighted by molar-refractivity contribution is 6.30. The van der Waals surface area contributed by atoms with Crippen molar-refractivity contribution in [3.8, 4) is 11.1 Å². The number of hydrogen-bond donors (Lipinski definition) is 0. The lowest BCUT2D eigenvalue weighted by molar-refractivity contribution is -0.129. The van der Waals surface area contributed by atoms with Gasteiger partial charge in [-0.1, -0.05) is 78.3 Å². The molecule has 4 heteroatoms. The van der Waals surface area contributed by atoms with E-state index in [1.165, 1.54) is 16.7 Å². The number of hydrogen-bond acceptors (Lipinski definition) is 2. The molecule has 2 aliphatic rings. The Kier molecular flexibility index (Phi) is 5.80. The van der Waals surface area contributed by atoms with Crippen molar-refractivity contribution in [1.82, 2.24) is 9.80 Å². The fourth-order valence-corrected chi connectivity index (χ4v) is 5.13. The van der Waals surface area contributed by atoms with Crippen molar-refractivity contribution in [1.29, 1.82) is 0 Å². The Hall–Kier alpha value is -2.62. The smallest absolute Gasteiger partial charge is 0.227 e. The summed E-state index contributed by atoms with van der Waals surface area (Å²) in [4.78, 5) is 17.3. The van der Waals surface area contributed by atoms with Crippen LogP contribution >= 0.6 is 11.6 Å². The zero-order valence-electron chi connectivity index (χ0n) is 17.6. The van der Waals surface area contributed by atoms with Gasteiger partial charge in [0.05, 0.1) is 6.42 Å². The minimum Gasteiger partial charge on any atom is -0.342 e. The minimum atomic E-state index is 0.236. The predicted molar refractivity (Wildman–Crippen MR) is 126 cm³/mol. The van der Waals surface area contributed by atoms with Gasteiger partial charge in [0.15, 0.2) is 0 Å². The number of amides is 1. The fraction of sp³-hybridized carbons (Fsp3) is 0.296. The number of rotatable bonds is 5. The summed E-state index contributed by atoms with van der Waals surface area (Å²) in [6.45, 7) is 4.92. The Morgan fingerprint density at radius 2 is 1.32 bits per heavy atom. The van der Waals surface area contributed by atoms with Crippen LogP contribution in [0.1, 0.15) is 11.1 Å². The normalized spacial score (nSPS) is 20.7. The van der Waals surface area contributed by atoms with Gasteiger partial charge in [0.25, 0.3) is 0 Å². The van der Waals surface area contributed by atoms with E-state index in [1.54, 1.807) is 0 Å². The van der Waals surface area contributed by atoms with Crippen molar-refractivity contribution >= 4 is 17.5 Å². The van der Waals surface area contributed by atoms with Gasteiger partial charge in [0.2, 0.25) is 5.91 Å². The third-order valence-electron chi connectivity index (χ3n) is 6.65. The van der Waals surface area contributed by atoms with E-state index in [2.05, 4.69) is 64.4 Å². The standard InChI is InChI=1S/C27H27ClN2O/c28-26-12-8-20(9-13-26)14-27(31)30-18-24-16-29(17-25(24)19-30)15-21-6-10-23(11-7-21)22-4-2-1-3-5-22/h1-13,24-25H,14-19H2. The predicted octanol–water partition coefficient (Wildman–Crippen LogP) is 5.14. The summed E-state index contributed by atoms with van der Waals surface area (Å²) in [5.74, 6) is 1.43. The number of halogens is 1. The molecular weight excluding hydrogens is 404 g/mol. The number of likely N-dealkylation sites (tertiary alicyclic amines) is 2. The van der Waals surface area contributed by atoms with Crippen LogP contribution in [-0.4, -0.2) is 41.9 Å². The van der Waals surface area contributed by atoms with Crippen molar-refractivity contribution in [3.05, 3.63) is 95.0 Å². The molecule has 3 aromatic rings. The van der Waals surface area contributed by atoms with Gasteiger partial charge in [0.1, 0.15) is 0 Å². The molecule has 1 amide bonds. The van der Waals surface area contributed by atoms with Crippen LogP contribution in [-0.2, 0) is 17.8 Å². The van der Waals surface area contributed by atoms with Gasteiger partial charge in [-0.3, -0.25) is 9.69 Å². The molecule has 0 spiro atoms. The SMILES string of the molecule is O=C(Cc1ccc(Cl)cc1)N1CC2CN(Cc3ccc(-c4ccccc4)cc3)CC2C1. The van der Waals surface area contributed by atoms with Crippen molar-refractivity contribution in [2.75, 3.05) is 26.2 Å². The Labute approximate surface area is 189 Å². The molecule has 31 heavy (non-hydrogen) atoms. The molecule has 3 nitrogen and oxygen atoms in total. The van der Waals surface area contributed by atoms with Gasteiger partial charge in [-0.2, -0.15) is 0 Å². The summed E-state index contributed by atoms with van der Waals surface area (Å²) in [7, 11) is 0. The van der Waals surface area contributed by atoms with Gasteiger partial charge in [-0.15, -0.1) is 0 Å². The van der Waals surface area contributed by atoms with Crippen LogP contribution in [0.15, 0.2) is 78.9 Å². The number of fused-ring (bicyclic) bond motifs is 1. The summed E-state index contributed by atoms with van der Waals surface area (Å²) in [5.41, 5.74) is 4.91. The second-order valence-electron chi connectivity index (χ2n) is 8.88. The van der Waals surface area contributed by atoms with Gasteiger partial charge < -0.3 is 4.90 Å². The number of carbonyl (C=O) groups is 1. The molecule has 0 radical (unpaired) electrons. The lowest BCUT2D eigenvalue weighted by Crippen LogP contribution is -2.34. The molecule has 0 aromatic heterocycles. The number of benzene rings is 3. The average molecular weight is 431 g/mol. The van der Waals surface area contributed by atoms with Crippen LogP contribution in [0.25, 0.3) is 11.1 Å². The Bertz CT molecular complexity index is 1020. The topological polar surface area (TPSA) is 23.6 Å². The maximum atomic E-state index is 12.7. The highest BCUT2D eigenvalue weighted by Crippen LogP contribution is 2.32. The Morgan fingerprint density at radius 1 is 0.742 bits per heavy atom. The second kappa shape index (κ2) is 8.86. The number of carbonyl (C=O) groups excluding carboxylic acids is 1. The second-order valence-corrected chi connectivity index (χ2v) is 9.32. The van der Waals surface area contributed by atoms with Gasteiger partial charge in [-0.05, 0) is 46.2 Å². The van der Waals surface area contributed by atoms with E-state index >= 15 is 0 Å². The fourth-order valence-electron chi connectivity index (χ4n) is 5.00. The third kappa shape index (κ3) is 4.68. The zero-order chi connectivity index (χ0) is 21.2. The van der Waals surface area contributed by atoms with Crippen molar-refractivity contribution < 1.29 is 4.79 Å². The lowest BCUT2D eigenvalue weighted by Gasteiger charge is -2.22. The highest BCUT2D eigenvalue weighted by atomic mass is 35.5. The molecule has 2 aliphatic heterocycles. The minimum absolute atomic E-state index is 0.236. The van der Waals surface area contributed by atoms with E-state index in [0.717, 1.165) is 38.3 Å². The Balaban J connectivity index is 1.13. The maximum Gasteiger partial charge on any atom is 0.227 e. The molecule has 2 atom stereocenters. The molecule has 0 aliphatic carbocycles. The van der Waals surface area contributed by atoms with Crippen LogP contribution in [0.2, 0.25) is 5.02 Å². The molecule has 2 heterocycles. The van der Waals surface area contributed by atoms with Crippen LogP contribution in [0.4, 0.5) is 0 Å². The molecule has 0 N–H and O–H groups in total. The molecular formula is C27H27ClN2O. The molecule has 0 bridgehead atoms. The summed E-state index contributed by atoms with van der Waals surface area (Å²) in [6.07, 6.45) is 0.466. The molecule has 3 aromatic carbocycles. The van der Waals surface area contributed by atoms with Crippen LogP contribution < -0.4 is 0 Å². The molecule has 2 fully saturated rings. The van der Waals surface area contributed by atoms with Crippen molar-refractivity contribution in [2.24, 2.45) is 11.8 Å².